The lowest BCUT2D eigenvalue weighted by Gasteiger charge is -2.39. The van der Waals surface area contributed by atoms with Crippen molar-refractivity contribution < 1.29 is 4.74 Å². The molecule has 0 radical (unpaired) electrons. The second kappa shape index (κ2) is 8.92. The van der Waals surface area contributed by atoms with E-state index in [4.69, 9.17) is 4.74 Å². The Labute approximate surface area is 114 Å². The fourth-order valence-corrected chi connectivity index (χ4v) is 3.76. The van der Waals surface area contributed by atoms with E-state index in [9.17, 15) is 0 Å². The van der Waals surface area contributed by atoms with Crippen LogP contribution in [0.4, 0.5) is 0 Å². The molecule has 1 fully saturated rings. The van der Waals surface area contributed by atoms with Gasteiger partial charge in [0.05, 0.1) is 0 Å². The zero-order chi connectivity index (χ0) is 13.4. The highest BCUT2D eigenvalue weighted by molar-refractivity contribution is 4.84. The molecule has 0 aromatic carbocycles. The summed E-state index contributed by atoms with van der Waals surface area (Å²) >= 11 is 0. The van der Waals surface area contributed by atoms with Crippen molar-refractivity contribution in [2.75, 3.05) is 27.3 Å². The molecule has 0 aromatic heterocycles. The standard InChI is InChI=1S/C16H33NO/c1-5-6-14-7-8-15(12-17-3)16(11-14)13(2)9-10-18-4/h13-17H,5-12H2,1-4H3. The maximum atomic E-state index is 5.26. The Balaban J connectivity index is 2.53. The van der Waals surface area contributed by atoms with Crippen molar-refractivity contribution in [2.45, 2.75) is 52.4 Å². The summed E-state index contributed by atoms with van der Waals surface area (Å²) in [4.78, 5) is 0. The van der Waals surface area contributed by atoms with E-state index in [0.717, 1.165) is 30.3 Å². The van der Waals surface area contributed by atoms with Gasteiger partial charge in [-0.15, -0.1) is 0 Å². The third kappa shape index (κ3) is 4.89. The summed E-state index contributed by atoms with van der Waals surface area (Å²) in [5.41, 5.74) is 0. The first-order chi connectivity index (χ1) is 8.72. The highest BCUT2D eigenvalue weighted by Crippen LogP contribution is 2.40. The summed E-state index contributed by atoms with van der Waals surface area (Å²) < 4.78 is 5.26. The predicted molar refractivity (Wildman–Crippen MR) is 78.8 cm³/mol. The van der Waals surface area contributed by atoms with Gasteiger partial charge in [-0.2, -0.15) is 0 Å². The van der Waals surface area contributed by atoms with Crippen molar-refractivity contribution in [3.8, 4) is 0 Å². The van der Waals surface area contributed by atoms with E-state index < -0.39 is 0 Å². The first-order valence-electron chi connectivity index (χ1n) is 7.86. The van der Waals surface area contributed by atoms with Crippen LogP contribution < -0.4 is 5.32 Å². The lowest BCUT2D eigenvalue weighted by Crippen LogP contribution is -2.35. The minimum atomic E-state index is 0.808. The molecule has 0 spiro atoms. The van der Waals surface area contributed by atoms with Crippen molar-refractivity contribution in [3.05, 3.63) is 0 Å². The van der Waals surface area contributed by atoms with Gasteiger partial charge in [0.25, 0.3) is 0 Å². The molecular formula is C16H33NO. The Kier molecular flexibility index (Phi) is 7.92. The summed E-state index contributed by atoms with van der Waals surface area (Å²) in [5.74, 6) is 3.58. The van der Waals surface area contributed by atoms with Crippen LogP contribution in [-0.4, -0.2) is 27.3 Å². The third-order valence-corrected chi connectivity index (χ3v) is 4.83. The van der Waals surface area contributed by atoms with Crippen LogP contribution in [0.2, 0.25) is 0 Å². The summed E-state index contributed by atoms with van der Waals surface area (Å²) in [6, 6.07) is 0. The van der Waals surface area contributed by atoms with Crippen molar-refractivity contribution in [1.29, 1.82) is 0 Å². The molecule has 2 nitrogen and oxygen atoms in total. The molecule has 0 aliphatic heterocycles. The number of nitrogens with one attached hydrogen (secondary N) is 1. The molecule has 1 aliphatic carbocycles. The fourth-order valence-electron chi connectivity index (χ4n) is 3.76. The zero-order valence-corrected chi connectivity index (χ0v) is 12.9. The topological polar surface area (TPSA) is 21.3 Å². The number of methoxy groups -OCH3 is 1. The number of hydrogen-bond acceptors (Lipinski definition) is 2. The molecular weight excluding hydrogens is 222 g/mol. The van der Waals surface area contributed by atoms with Crippen molar-refractivity contribution in [3.63, 3.8) is 0 Å². The van der Waals surface area contributed by atoms with E-state index in [2.05, 4.69) is 26.2 Å². The van der Waals surface area contributed by atoms with Crippen molar-refractivity contribution in [2.24, 2.45) is 23.7 Å². The van der Waals surface area contributed by atoms with Crippen LogP contribution in [0.15, 0.2) is 0 Å². The molecule has 18 heavy (non-hydrogen) atoms. The molecule has 0 saturated heterocycles. The van der Waals surface area contributed by atoms with E-state index >= 15 is 0 Å². The minimum Gasteiger partial charge on any atom is -0.385 e. The Morgan fingerprint density at radius 2 is 2.11 bits per heavy atom. The van der Waals surface area contributed by atoms with Crippen LogP contribution in [0.25, 0.3) is 0 Å². The molecule has 0 heterocycles. The second-order valence-corrected chi connectivity index (χ2v) is 6.21. The Hall–Kier alpha value is -0.0800. The molecule has 0 amide bonds. The van der Waals surface area contributed by atoms with E-state index in [1.54, 1.807) is 0 Å². The summed E-state index contributed by atoms with van der Waals surface area (Å²) in [5, 5.41) is 3.39. The fraction of sp³-hybridized carbons (Fsp3) is 1.00. The molecule has 4 atom stereocenters. The highest BCUT2D eigenvalue weighted by Gasteiger charge is 2.32. The first kappa shape index (κ1) is 16.0. The summed E-state index contributed by atoms with van der Waals surface area (Å²) in [6.45, 7) is 6.87. The predicted octanol–water partition coefficient (Wildman–Crippen LogP) is 3.71. The molecule has 4 unspecified atom stereocenters. The van der Waals surface area contributed by atoms with Gasteiger partial charge in [0.2, 0.25) is 0 Å². The number of rotatable bonds is 8. The van der Waals surface area contributed by atoms with Gasteiger partial charge in [-0.25, -0.2) is 0 Å². The van der Waals surface area contributed by atoms with Gasteiger partial charge >= 0.3 is 0 Å². The molecule has 108 valence electrons. The number of hydrogen-bond donors (Lipinski definition) is 1. The number of ether oxygens (including phenoxy) is 1. The van der Waals surface area contributed by atoms with Gasteiger partial charge in [-0.05, 0) is 56.5 Å². The van der Waals surface area contributed by atoms with Crippen LogP contribution in [-0.2, 0) is 4.74 Å². The maximum Gasteiger partial charge on any atom is 0.0464 e. The molecule has 1 rings (SSSR count). The van der Waals surface area contributed by atoms with E-state index in [1.807, 2.05) is 7.11 Å². The Bertz CT molecular complexity index is 207. The van der Waals surface area contributed by atoms with Gasteiger partial charge < -0.3 is 10.1 Å². The molecule has 1 N–H and O–H groups in total. The van der Waals surface area contributed by atoms with Gasteiger partial charge in [-0.3, -0.25) is 0 Å². The van der Waals surface area contributed by atoms with E-state index in [-0.39, 0.29) is 0 Å². The quantitative estimate of drug-likeness (QED) is 0.714. The SMILES string of the molecule is CCCC1CCC(CNC)C(C(C)CCOC)C1. The molecule has 1 aliphatic rings. The monoisotopic (exact) mass is 255 g/mol. The minimum absolute atomic E-state index is 0.808. The average Bonchev–Trinajstić information content (AvgIpc) is 2.38. The highest BCUT2D eigenvalue weighted by atomic mass is 16.5. The van der Waals surface area contributed by atoms with Gasteiger partial charge in [0, 0.05) is 13.7 Å². The summed E-state index contributed by atoms with van der Waals surface area (Å²) in [7, 11) is 3.91. The normalized spacial score (nSPS) is 30.3. The summed E-state index contributed by atoms with van der Waals surface area (Å²) in [6.07, 6.45) is 8.33. The third-order valence-electron chi connectivity index (χ3n) is 4.83. The largest absolute Gasteiger partial charge is 0.385 e. The average molecular weight is 255 g/mol. The van der Waals surface area contributed by atoms with Crippen LogP contribution >= 0.6 is 0 Å². The zero-order valence-electron chi connectivity index (χ0n) is 12.9. The molecule has 2 heteroatoms. The second-order valence-electron chi connectivity index (χ2n) is 6.21. The van der Waals surface area contributed by atoms with Gasteiger partial charge in [-0.1, -0.05) is 33.1 Å². The molecule has 1 saturated carbocycles. The molecule has 0 bridgehead atoms. The van der Waals surface area contributed by atoms with Crippen LogP contribution in [0.5, 0.6) is 0 Å². The van der Waals surface area contributed by atoms with Gasteiger partial charge in [0.15, 0.2) is 0 Å². The smallest absolute Gasteiger partial charge is 0.0464 e. The van der Waals surface area contributed by atoms with Gasteiger partial charge in [0.1, 0.15) is 0 Å². The van der Waals surface area contributed by atoms with Crippen LogP contribution in [0, 0.1) is 23.7 Å². The Morgan fingerprint density at radius 1 is 1.33 bits per heavy atom. The first-order valence-corrected chi connectivity index (χ1v) is 7.86. The van der Waals surface area contributed by atoms with Crippen LogP contribution in [0.3, 0.4) is 0 Å². The molecule has 0 aromatic rings. The lowest BCUT2D eigenvalue weighted by atomic mass is 9.67. The van der Waals surface area contributed by atoms with E-state index in [0.29, 0.717) is 0 Å². The van der Waals surface area contributed by atoms with Crippen molar-refractivity contribution in [1.82, 2.24) is 5.32 Å². The lowest BCUT2D eigenvalue weighted by molar-refractivity contribution is 0.0951. The maximum absolute atomic E-state index is 5.26. The van der Waals surface area contributed by atoms with E-state index in [1.165, 1.54) is 45.1 Å². The Morgan fingerprint density at radius 3 is 2.72 bits per heavy atom. The van der Waals surface area contributed by atoms with Crippen LogP contribution in [0.1, 0.15) is 52.4 Å². The van der Waals surface area contributed by atoms with Crippen molar-refractivity contribution >= 4 is 0 Å².